The molecule has 1 atom stereocenters. The molecule has 88 valence electrons. The summed E-state index contributed by atoms with van der Waals surface area (Å²) in [5.41, 5.74) is 1.22. The molecule has 1 aromatic carbocycles. The van der Waals surface area contributed by atoms with Crippen molar-refractivity contribution in [2.24, 2.45) is 0 Å². The summed E-state index contributed by atoms with van der Waals surface area (Å²) in [6.07, 6.45) is 3.24. The van der Waals surface area contributed by atoms with E-state index in [-0.39, 0.29) is 6.04 Å². The minimum Gasteiger partial charge on any atom is -0.350 e. The third-order valence-corrected chi connectivity index (χ3v) is 3.10. The normalized spacial score (nSPS) is 12.2. The molecule has 0 aliphatic rings. The van der Waals surface area contributed by atoms with Gasteiger partial charge in [-0.15, -0.1) is 0 Å². The zero-order chi connectivity index (χ0) is 12.3. The molecule has 0 unspecified atom stereocenters. The van der Waals surface area contributed by atoms with Gasteiger partial charge in [0.1, 0.15) is 0 Å². The molecule has 1 heterocycles. The fourth-order valence-electron chi connectivity index (χ4n) is 1.69. The largest absolute Gasteiger partial charge is 0.350 e. The van der Waals surface area contributed by atoms with Crippen LogP contribution < -0.4 is 4.90 Å². The SMILES string of the molecule is C[C@H](c1ccccc1)N(C)c1nccnc1Cl. The van der Waals surface area contributed by atoms with Crippen molar-refractivity contribution in [2.75, 3.05) is 11.9 Å². The molecule has 3 nitrogen and oxygen atoms in total. The van der Waals surface area contributed by atoms with Crippen LogP contribution in [0.2, 0.25) is 5.15 Å². The highest BCUT2D eigenvalue weighted by atomic mass is 35.5. The van der Waals surface area contributed by atoms with Crippen LogP contribution >= 0.6 is 11.6 Å². The lowest BCUT2D eigenvalue weighted by Crippen LogP contribution is -2.23. The van der Waals surface area contributed by atoms with Gasteiger partial charge in [0.15, 0.2) is 11.0 Å². The van der Waals surface area contributed by atoms with Crippen LogP contribution in [0, 0.1) is 0 Å². The number of hydrogen-bond acceptors (Lipinski definition) is 3. The second-order valence-electron chi connectivity index (χ2n) is 3.87. The van der Waals surface area contributed by atoms with E-state index in [0.29, 0.717) is 11.0 Å². The molecule has 0 amide bonds. The molecular weight excluding hydrogens is 234 g/mol. The Balaban J connectivity index is 2.27. The molecule has 0 bridgehead atoms. The molecule has 0 saturated heterocycles. The zero-order valence-corrected chi connectivity index (χ0v) is 10.6. The lowest BCUT2D eigenvalue weighted by molar-refractivity contribution is 0.726. The molecule has 0 aliphatic carbocycles. The van der Waals surface area contributed by atoms with Gasteiger partial charge >= 0.3 is 0 Å². The second-order valence-corrected chi connectivity index (χ2v) is 4.23. The molecule has 0 N–H and O–H groups in total. The van der Waals surface area contributed by atoms with E-state index in [0.717, 1.165) is 0 Å². The van der Waals surface area contributed by atoms with E-state index in [1.807, 2.05) is 30.1 Å². The Morgan fingerprint density at radius 3 is 2.41 bits per heavy atom. The second kappa shape index (κ2) is 5.15. The molecule has 17 heavy (non-hydrogen) atoms. The predicted octanol–water partition coefficient (Wildman–Crippen LogP) is 3.33. The van der Waals surface area contributed by atoms with E-state index in [1.54, 1.807) is 12.4 Å². The van der Waals surface area contributed by atoms with Gasteiger partial charge in [0.05, 0.1) is 6.04 Å². The number of hydrogen-bond donors (Lipinski definition) is 0. The van der Waals surface area contributed by atoms with Crippen LogP contribution in [0.4, 0.5) is 5.82 Å². The summed E-state index contributed by atoms with van der Waals surface area (Å²) in [6, 6.07) is 10.4. The Bertz CT molecular complexity index is 487. The number of benzene rings is 1. The Hall–Kier alpha value is -1.61. The van der Waals surface area contributed by atoms with Crippen molar-refractivity contribution < 1.29 is 0 Å². The monoisotopic (exact) mass is 247 g/mol. The summed E-state index contributed by atoms with van der Waals surface area (Å²) >= 11 is 6.04. The highest BCUT2D eigenvalue weighted by Gasteiger charge is 2.15. The van der Waals surface area contributed by atoms with Crippen molar-refractivity contribution in [3.05, 3.63) is 53.4 Å². The maximum Gasteiger partial charge on any atom is 0.171 e. The summed E-state index contributed by atoms with van der Waals surface area (Å²) in [5, 5.41) is 0.429. The van der Waals surface area contributed by atoms with E-state index in [1.165, 1.54) is 5.56 Å². The van der Waals surface area contributed by atoms with E-state index in [2.05, 4.69) is 29.0 Å². The quantitative estimate of drug-likeness (QED) is 0.833. The van der Waals surface area contributed by atoms with Crippen LogP contribution in [0.3, 0.4) is 0 Å². The van der Waals surface area contributed by atoms with E-state index in [9.17, 15) is 0 Å². The zero-order valence-electron chi connectivity index (χ0n) is 9.84. The third-order valence-electron chi connectivity index (χ3n) is 2.83. The molecule has 2 aromatic rings. The van der Waals surface area contributed by atoms with Crippen LogP contribution in [0.25, 0.3) is 0 Å². The minimum absolute atomic E-state index is 0.199. The summed E-state index contributed by atoms with van der Waals surface area (Å²) in [5.74, 6) is 0.700. The highest BCUT2D eigenvalue weighted by molar-refractivity contribution is 6.31. The maximum absolute atomic E-state index is 6.04. The molecule has 2 rings (SSSR count). The molecule has 0 saturated carbocycles. The molecule has 0 aliphatic heterocycles. The van der Waals surface area contributed by atoms with Crippen molar-refractivity contribution in [1.29, 1.82) is 0 Å². The van der Waals surface area contributed by atoms with Crippen LogP contribution in [-0.2, 0) is 0 Å². The van der Waals surface area contributed by atoms with Crippen LogP contribution in [0.5, 0.6) is 0 Å². The van der Waals surface area contributed by atoms with Gasteiger partial charge in [0, 0.05) is 19.4 Å². The number of halogens is 1. The summed E-state index contributed by atoms with van der Waals surface area (Å²) in [6.45, 7) is 2.11. The minimum atomic E-state index is 0.199. The maximum atomic E-state index is 6.04. The number of aromatic nitrogens is 2. The lowest BCUT2D eigenvalue weighted by atomic mass is 10.1. The molecule has 0 spiro atoms. The van der Waals surface area contributed by atoms with Crippen molar-refractivity contribution in [3.63, 3.8) is 0 Å². The summed E-state index contributed by atoms with van der Waals surface area (Å²) < 4.78 is 0. The average Bonchev–Trinajstić information content (AvgIpc) is 2.39. The standard InChI is InChI=1S/C13H14ClN3/c1-10(11-6-4-3-5-7-11)17(2)13-12(14)15-8-9-16-13/h3-10H,1-2H3/t10-/m1/s1. The van der Waals surface area contributed by atoms with Crippen molar-refractivity contribution in [2.45, 2.75) is 13.0 Å². The van der Waals surface area contributed by atoms with Crippen LogP contribution in [-0.4, -0.2) is 17.0 Å². The van der Waals surface area contributed by atoms with E-state index >= 15 is 0 Å². The Kier molecular flexibility index (Phi) is 3.59. The first-order chi connectivity index (χ1) is 8.20. The average molecular weight is 248 g/mol. The topological polar surface area (TPSA) is 29.0 Å². The van der Waals surface area contributed by atoms with Crippen molar-refractivity contribution in [3.8, 4) is 0 Å². The third kappa shape index (κ3) is 2.56. The van der Waals surface area contributed by atoms with Gasteiger partial charge in [0.25, 0.3) is 0 Å². The van der Waals surface area contributed by atoms with Gasteiger partial charge in [0.2, 0.25) is 0 Å². The molecule has 1 aromatic heterocycles. The number of rotatable bonds is 3. The Morgan fingerprint density at radius 2 is 1.76 bits per heavy atom. The smallest absolute Gasteiger partial charge is 0.171 e. The Labute approximate surface area is 106 Å². The highest BCUT2D eigenvalue weighted by Crippen LogP contribution is 2.27. The van der Waals surface area contributed by atoms with Gasteiger partial charge in [-0.25, -0.2) is 9.97 Å². The lowest BCUT2D eigenvalue weighted by Gasteiger charge is -2.26. The van der Waals surface area contributed by atoms with Crippen molar-refractivity contribution >= 4 is 17.4 Å². The molecular formula is C13H14ClN3. The summed E-state index contributed by atoms with van der Waals surface area (Å²) in [4.78, 5) is 10.3. The molecule has 4 heteroatoms. The fourth-order valence-corrected chi connectivity index (χ4v) is 1.93. The first-order valence-corrected chi connectivity index (χ1v) is 5.82. The van der Waals surface area contributed by atoms with E-state index in [4.69, 9.17) is 11.6 Å². The summed E-state index contributed by atoms with van der Waals surface area (Å²) in [7, 11) is 1.97. The number of nitrogens with zero attached hydrogens (tertiary/aromatic N) is 3. The van der Waals surface area contributed by atoms with Crippen molar-refractivity contribution in [1.82, 2.24) is 9.97 Å². The van der Waals surface area contributed by atoms with Gasteiger partial charge in [-0.3, -0.25) is 0 Å². The molecule has 0 radical (unpaired) electrons. The van der Waals surface area contributed by atoms with Crippen LogP contribution in [0.15, 0.2) is 42.7 Å². The predicted molar refractivity (Wildman–Crippen MR) is 70.3 cm³/mol. The molecule has 0 fully saturated rings. The van der Waals surface area contributed by atoms with Gasteiger partial charge in [-0.05, 0) is 12.5 Å². The first-order valence-electron chi connectivity index (χ1n) is 5.44. The van der Waals surface area contributed by atoms with Gasteiger partial charge in [-0.2, -0.15) is 0 Å². The van der Waals surface area contributed by atoms with Gasteiger partial charge < -0.3 is 4.90 Å². The van der Waals surface area contributed by atoms with Gasteiger partial charge in [-0.1, -0.05) is 41.9 Å². The van der Waals surface area contributed by atoms with Crippen LogP contribution in [0.1, 0.15) is 18.5 Å². The Morgan fingerprint density at radius 1 is 1.12 bits per heavy atom. The fraction of sp³-hybridized carbons (Fsp3) is 0.231. The number of anilines is 1. The van der Waals surface area contributed by atoms with E-state index < -0.39 is 0 Å². The first kappa shape index (κ1) is 11.9.